The molecule has 0 amide bonds. The molecule has 0 bridgehead atoms. The minimum Gasteiger partial charge on any atom is -1.00 e. The minimum absolute atomic E-state index is 0. The Morgan fingerprint density at radius 3 is 1.40 bits per heavy atom. The van der Waals surface area contributed by atoms with E-state index in [-0.39, 0.29) is 12.4 Å². The molecule has 0 rings (SSSR count). The van der Waals surface area contributed by atoms with E-state index < -0.39 is 0 Å². The summed E-state index contributed by atoms with van der Waals surface area (Å²) in [6.07, 6.45) is 3.85. The molecule has 0 atom stereocenters. The third-order valence-electron chi connectivity index (χ3n) is 1.90. The lowest BCUT2D eigenvalue weighted by molar-refractivity contribution is -0.823. The molecule has 0 aliphatic heterocycles. The number of hydrogen-bond acceptors (Lipinski definition) is 0. The first-order valence-corrected chi connectivity index (χ1v) is 3.38. The zero-order valence-electron chi connectivity index (χ0n) is 6.81. The maximum absolute atomic E-state index is 3.75. The highest BCUT2D eigenvalue weighted by atomic mass is 35.5. The summed E-state index contributed by atoms with van der Waals surface area (Å²) in [5, 5.41) is 0. The zero-order valence-corrected chi connectivity index (χ0v) is 7.56. The Morgan fingerprint density at radius 2 is 1.40 bits per heavy atom. The molecule has 0 aromatic carbocycles. The fourth-order valence-electron chi connectivity index (χ4n) is 0.815. The second kappa shape index (κ2) is 5.51. The highest BCUT2D eigenvalue weighted by Crippen LogP contribution is 2.05. The van der Waals surface area contributed by atoms with Gasteiger partial charge in [0.05, 0.1) is 25.5 Å². The van der Waals surface area contributed by atoms with E-state index in [9.17, 15) is 0 Å². The van der Waals surface area contributed by atoms with Crippen molar-refractivity contribution in [2.24, 2.45) is 0 Å². The van der Waals surface area contributed by atoms with Crippen LogP contribution in [0.5, 0.6) is 0 Å². The molecule has 0 N–H and O–H groups in total. The normalized spacial score (nSPS) is 9.80. The smallest absolute Gasteiger partial charge is 0.0931 e. The molecule has 0 saturated carbocycles. The van der Waals surface area contributed by atoms with Crippen molar-refractivity contribution in [3.05, 3.63) is 25.6 Å². The molecule has 0 aromatic heterocycles. The second-order valence-corrected chi connectivity index (χ2v) is 2.10. The topological polar surface area (TPSA) is 0 Å². The summed E-state index contributed by atoms with van der Waals surface area (Å²) < 4.78 is 0.806. The fraction of sp³-hybridized carbons (Fsp3) is 0.500. The fourth-order valence-corrected chi connectivity index (χ4v) is 0.815. The molecular formula is C8H16ClN. The average molecular weight is 162 g/mol. The Morgan fingerprint density at radius 1 is 1.10 bits per heavy atom. The molecule has 0 aromatic rings. The predicted molar refractivity (Wildman–Crippen MR) is 41.7 cm³/mol. The first-order chi connectivity index (χ1) is 4.24. The number of hydrogen-bond donors (Lipinski definition) is 0. The molecule has 0 unspecified atom stereocenters. The summed E-state index contributed by atoms with van der Waals surface area (Å²) >= 11 is 0. The largest absolute Gasteiger partial charge is 1.00 e. The number of halogens is 1. The lowest BCUT2D eigenvalue weighted by atomic mass is 10.4. The molecule has 10 heavy (non-hydrogen) atoms. The highest BCUT2D eigenvalue weighted by Gasteiger charge is 2.12. The number of quaternary nitrogens is 1. The van der Waals surface area contributed by atoms with Crippen LogP contribution >= 0.6 is 0 Å². The van der Waals surface area contributed by atoms with Crippen molar-refractivity contribution in [1.82, 2.24) is 0 Å². The summed E-state index contributed by atoms with van der Waals surface area (Å²) in [5.74, 6) is 0. The van der Waals surface area contributed by atoms with Gasteiger partial charge in [-0.05, 0) is 27.0 Å². The van der Waals surface area contributed by atoms with E-state index in [1.54, 1.807) is 0 Å². The van der Waals surface area contributed by atoms with Gasteiger partial charge in [0.15, 0.2) is 0 Å². The third kappa shape index (κ3) is 2.54. The van der Waals surface area contributed by atoms with Crippen LogP contribution < -0.4 is 12.4 Å². The van der Waals surface area contributed by atoms with Crippen LogP contribution in [0.3, 0.4) is 0 Å². The van der Waals surface area contributed by atoms with Gasteiger partial charge in [-0.3, -0.25) is 4.48 Å². The van der Waals surface area contributed by atoms with Gasteiger partial charge < -0.3 is 12.4 Å². The molecule has 2 heteroatoms. The molecular weight excluding hydrogens is 146 g/mol. The van der Waals surface area contributed by atoms with E-state index in [2.05, 4.69) is 27.0 Å². The van der Waals surface area contributed by atoms with Gasteiger partial charge in [-0.25, -0.2) is 0 Å². The Hall–Kier alpha value is -0.270. The Bertz CT molecular complexity index is 95.8. The number of nitrogens with zero attached hydrogens (tertiary/aromatic N) is 1. The van der Waals surface area contributed by atoms with Crippen LogP contribution in [-0.2, 0) is 0 Å². The summed E-state index contributed by atoms with van der Waals surface area (Å²) in [6.45, 7) is 13.8. The van der Waals surface area contributed by atoms with Crippen molar-refractivity contribution in [3.8, 4) is 0 Å². The highest BCUT2D eigenvalue weighted by molar-refractivity contribution is 4.64. The van der Waals surface area contributed by atoms with Crippen molar-refractivity contribution < 1.29 is 16.9 Å². The van der Waals surface area contributed by atoms with Crippen molar-refractivity contribution in [3.63, 3.8) is 0 Å². The standard InChI is InChI=1S/C8H16N.ClH/c1-5-9(6-2,7-3)8-4;/h5-6H,1-2,7-8H2,3-4H3;1H/q+1;/p-1. The molecule has 0 spiro atoms. The quantitative estimate of drug-likeness (QED) is 0.471. The van der Waals surface area contributed by atoms with Crippen molar-refractivity contribution in [2.75, 3.05) is 13.1 Å². The van der Waals surface area contributed by atoms with Gasteiger partial charge in [-0.15, -0.1) is 0 Å². The van der Waals surface area contributed by atoms with E-state index in [0.29, 0.717) is 0 Å². The van der Waals surface area contributed by atoms with Gasteiger partial charge >= 0.3 is 0 Å². The van der Waals surface area contributed by atoms with Gasteiger partial charge in [-0.2, -0.15) is 0 Å². The van der Waals surface area contributed by atoms with E-state index in [0.717, 1.165) is 17.6 Å². The maximum atomic E-state index is 3.75. The van der Waals surface area contributed by atoms with E-state index in [4.69, 9.17) is 0 Å². The Labute approximate surface area is 70.0 Å². The molecule has 60 valence electrons. The van der Waals surface area contributed by atoms with Crippen LogP contribution in [0.25, 0.3) is 0 Å². The maximum Gasteiger partial charge on any atom is 0.0931 e. The summed E-state index contributed by atoms with van der Waals surface area (Å²) in [7, 11) is 0. The van der Waals surface area contributed by atoms with Gasteiger partial charge in [-0.1, -0.05) is 0 Å². The van der Waals surface area contributed by atoms with Gasteiger partial charge in [0.2, 0.25) is 0 Å². The molecule has 0 saturated heterocycles. The van der Waals surface area contributed by atoms with E-state index in [1.807, 2.05) is 12.4 Å². The second-order valence-electron chi connectivity index (χ2n) is 2.10. The predicted octanol–water partition coefficient (Wildman–Crippen LogP) is -0.866. The van der Waals surface area contributed by atoms with E-state index >= 15 is 0 Å². The van der Waals surface area contributed by atoms with Crippen LogP contribution in [0.2, 0.25) is 0 Å². The zero-order chi connectivity index (χ0) is 7.33. The molecule has 0 heterocycles. The van der Waals surface area contributed by atoms with E-state index in [1.165, 1.54) is 0 Å². The van der Waals surface area contributed by atoms with Crippen molar-refractivity contribution in [2.45, 2.75) is 13.8 Å². The average Bonchev–Trinajstić information content (AvgIpc) is 1.95. The lowest BCUT2D eigenvalue weighted by Crippen LogP contribution is -3.00. The van der Waals surface area contributed by atoms with Gasteiger partial charge in [0.25, 0.3) is 0 Å². The Balaban J connectivity index is 0. The summed E-state index contributed by atoms with van der Waals surface area (Å²) in [5.41, 5.74) is 0. The molecule has 0 radical (unpaired) electrons. The minimum atomic E-state index is 0. The summed E-state index contributed by atoms with van der Waals surface area (Å²) in [4.78, 5) is 0. The molecule has 0 aliphatic carbocycles. The first kappa shape index (κ1) is 12.4. The Kier molecular flexibility index (Phi) is 6.84. The molecule has 0 aliphatic rings. The van der Waals surface area contributed by atoms with Crippen LogP contribution in [0.1, 0.15) is 13.8 Å². The third-order valence-corrected chi connectivity index (χ3v) is 1.90. The van der Waals surface area contributed by atoms with Crippen molar-refractivity contribution in [1.29, 1.82) is 0 Å². The number of rotatable bonds is 4. The van der Waals surface area contributed by atoms with Crippen molar-refractivity contribution >= 4 is 0 Å². The van der Waals surface area contributed by atoms with Crippen LogP contribution in [0, 0.1) is 0 Å². The van der Waals surface area contributed by atoms with Crippen LogP contribution in [-0.4, -0.2) is 17.6 Å². The van der Waals surface area contributed by atoms with Crippen LogP contribution in [0.15, 0.2) is 25.6 Å². The first-order valence-electron chi connectivity index (χ1n) is 3.38. The van der Waals surface area contributed by atoms with Crippen LogP contribution in [0.4, 0.5) is 0 Å². The lowest BCUT2D eigenvalue weighted by Gasteiger charge is -2.26. The summed E-state index contributed by atoms with van der Waals surface area (Å²) in [6, 6.07) is 0. The van der Waals surface area contributed by atoms with Gasteiger partial charge in [0, 0.05) is 0 Å². The van der Waals surface area contributed by atoms with Gasteiger partial charge in [0.1, 0.15) is 0 Å². The monoisotopic (exact) mass is 161 g/mol. The SMILES string of the molecule is C=C[N+](C=C)(CC)CC.[Cl-]. The molecule has 1 nitrogen and oxygen atoms in total. The molecule has 0 fully saturated rings.